The number of nitrogens with two attached hydrogens (primary N) is 1. The number of para-hydroxylation sites is 1. The highest BCUT2D eigenvalue weighted by Gasteiger charge is 2.50. The Morgan fingerprint density at radius 3 is 1.26 bits per heavy atom. The summed E-state index contributed by atoms with van der Waals surface area (Å²) in [6.07, 6.45) is 12.4. The number of nitrogen functional groups attached to an aromatic ring is 1. The third-order valence-electron chi connectivity index (χ3n) is 20.2. The summed E-state index contributed by atoms with van der Waals surface area (Å²) < 4.78 is 95.4. The monoisotopic (exact) mass is 1630 g/mol. The van der Waals surface area contributed by atoms with E-state index in [1.54, 1.807) is 55.7 Å². The Morgan fingerprint density at radius 1 is 0.537 bits per heavy atom. The van der Waals surface area contributed by atoms with Crippen LogP contribution in [0.5, 0.6) is 0 Å². The molecule has 0 radical (unpaired) electrons. The molecule has 1 aliphatic carbocycles. The molecule has 0 atom stereocenters. The van der Waals surface area contributed by atoms with Crippen molar-refractivity contribution in [3.63, 3.8) is 0 Å². The number of anilines is 6. The molecule has 6 aliphatic rings. The highest BCUT2D eigenvalue weighted by atomic mass is 35.5. The summed E-state index contributed by atoms with van der Waals surface area (Å²) in [7, 11) is -4.85. The maximum Gasteiger partial charge on any atom is 0.281 e. The molecule has 5 aliphatic heterocycles. The van der Waals surface area contributed by atoms with Crippen LogP contribution in [-0.2, 0) is 39.8 Å². The number of sulfonamides is 2. The highest BCUT2D eigenvalue weighted by Crippen LogP contribution is 2.39. The second-order valence-electron chi connectivity index (χ2n) is 28.1. The standard InChI is InChI=1S/C15H18ClFN4O.C15H17ClN4O2.C14H19ClN4O2S.C13H18ClN5O2S.C12H16N4O3S/c1-15(2,17)14(22)21-5-3-20(4-6-21)13-8-10(16)7-12-11(13)9-18-19-12;16-10-7-12-11(9-17-18-12)13(8-10)19-3-5-20(6-4-19)14(21)15(22)1-2-15;1-18(22(2,20)21)11-3-5-19(6-4-11)14-8-10(15)7-13-12(14)9-16-17-13;1-17(2)22(20,21)19-5-3-18(4-6-19)13-8-10(14)7-12-11(13)9-15-16-12;1-20(17,18)16-7-5-15(6-8-16)10-4-2-3-9-11(10)19-14-12(9)13/h7-9H,3-6H2,1-2H3,(H,18,19);7-9,22H,1-6H2,(H,17,18);7-9,11H,3-6H2,1-2H3,(H,16,17);7-9H,3-6H2,1-2H3,(H,15,16);2-4H,5-8H2,1H3,(H2,13,14). The molecule has 16 rings (SSSR count). The highest BCUT2D eigenvalue weighted by molar-refractivity contribution is 7.88. The van der Waals surface area contributed by atoms with E-state index in [2.05, 4.69) is 70.4 Å². The van der Waals surface area contributed by atoms with E-state index in [9.17, 15) is 44.3 Å². The normalized spacial score (nSPS) is 17.9. The predicted octanol–water partition coefficient (Wildman–Crippen LogP) is 7.72. The molecule has 0 bridgehead atoms. The molecule has 1 saturated carbocycles. The van der Waals surface area contributed by atoms with Gasteiger partial charge in [0.2, 0.25) is 20.0 Å². The third-order valence-corrected chi connectivity index (χ3v) is 25.7. The molecule has 5 aromatic carbocycles. The Hall–Kier alpha value is -8.07. The number of hydrogen-bond donors (Lipinski definition) is 6. The largest absolute Gasteiger partial charge is 0.380 e. The van der Waals surface area contributed by atoms with Gasteiger partial charge in [0.15, 0.2) is 17.1 Å². The van der Waals surface area contributed by atoms with Crippen LogP contribution in [0.3, 0.4) is 0 Å². The van der Waals surface area contributed by atoms with Crippen LogP contribution in [0.15, 0.2) is 96.0 Å². The first kappa shape index (κ1) is 79.5. The van der Waals surface area contributed by atoms with Crippen molar-refractivity contribution >= 4 is 177 Å². The lowest BCUT2D eigenvalue weighted by atomic mass is 10.0. The van der Waals surface area contributed by atoms with Crippen LogP contribution in [0.4, 0.5) is 38.6 Å². The first-order valence-corrected chi connectivity index (χ1v) is 41.7. The van der Waals surface area contributed by atoms with Crippen molar-refractivity contribution < 1.29 is 48.9 Å². The Bertz CT molecular complexity index is 5120. The molecule has 582 valence electrons. The summed E-state index contributed by atoms with van der Waals surface area (Å²) in [5.41, 5.74) is 12.0. The van der Waals surface area contributed by atoms with E-state index < -0.39 is 47.4 Å². The second kappa shape index (κ2) is 32.5. The predicted molar refractivity (Wildman–Crippen MR) is 423 cm³/mol. The number of rotatable bonds is 12. The molecule has 5 aromatic heterocycles. The van der Waals surface area contributed by atoms with E-state index in [1.807, 2.05) is 66.7 Å². The lowest BCUT2D eigenvalue weighted by molar-refractivity contribution is -0.143. The number of alkyl halides is 1. The molecule has 7 N–H and O–H groups in total. The van der Waals surface area contributed by atoms with Crippen LogP contribution < -0.4 is 30.2 Å². The maximum atomic E-state index is 13.8. The third kappa shape index (κ3) is 18.0. The van der Waals surface area contributed by atoms with Crippen LogP contribution in [0.2, 0.25) is 20.1 Å². The number of piperazine rings is 4. The average molecular weight is 1630 g/mol. The number of H-pyrrole nitrogens is 4. The van der Waals surface area contributed by atoms with Crippen LogP contribution in [0.1, 0.15) is 39.5 Å². The van der Waals surface area contributed by atoms with E-state index >= 15 is 0 Å². The second-order valence-corrected chi connectivity index (χ2v) is 36.0. The molecular weight excluding hydrogens is 1540 g/mol. The van der Waals surface area contributed by atoms with Gasteiger partial charge in [0.25, 0.3) is 22.0 Å². The number of aromatic nitrogens is 9. The maximum absolute atomic E-state index is 13.8. The minimum atomic E-state index is -3.35. The van der Waals surface area contributed by atoms with Crippen molar-refractivity contribution in [2.45, 2.75) is 56.8 Å². The van der Waals surface area contributed by atoms with Gasteiger partial charge in [-0.1, -0.05) is 57.6 Å². The number of halogens is 5. The fraction of sp³-hybridized carbons (Fsp3) is 0.464. The van der Waals surface area contributed by atoms with Crippen molar-refractivity contribution in [2.75, 3.05) is 182 Å². The van der Waals surface area contributed by atoms with Gasteiger partial charge < -0.3 is 49.7 Å². The molecule has 10 heterocycles. The first-order chi connectivity index (χ1) is 51.1. The number of benzene rings is 5. The molecule has 39 heteroatoms. The zero-order valence-corrected chi connectivity index (χ0v) is 66.2. The number of fused-ring (bicyclic) bond motifs is 5. The van der Waals surface area contributed by atoms with Gasteiger partial charge in [-0.05, 0) is 100 Å². The minimum absolute atomic E-state index is 0.0604. The minimum Gasteiger partial charge on any atom is -0.380 e. The van der Waals surface area contributed by atoms with Gasteiger partial charge in [-0.15, -0.1) is 0 Å². The van der Waals surface area contributed by atoms with Crippen molar-refractivity contribution in [2.24, 2.45) is 0 Å². The Morgan fingerprint density at radius 2 is 0.898 bits per heavy atom. The van der Waals surface area contributed by atoms with E-state index in [4.69, 9.17) is 56.7 Å². The average Bonchev–Trinajstić information content (AvgIpc) is 1.61. The van der Waals surface area contributed by atoms with Gasteiger partial charge in [0, 0.05) is 209 Å². The smallest absolute Gasteiger partial charge is 0.281 e. The molecule has 0 unspecified atom stereocenters. The lowest BCUT2D eigenvalue weighted by Crippen LogP contribution is -2.53. The summed E-state index contributed by atoms with van der Waals surface area (Å²) in [5.74, 6) is -0.199. The number of aromatic amines is 4. The lowest BCUT2D eigenvalue weighted by Gasteiger charge is -2.38. The topological polar surface area (TPSA) is 359 Å². The fourth-order valence-corrected chi connectivity index (χ4v) is 17.5. The van der Waals surface area contributed by atoms with Gasteiger partial charge in [0.05, 0.1) is 70.4 Å². The molecule has 5 saturated heterocycles. The van der Waals surface area contributed by atoms with Gasteiger partial charge in [-0.25, -0.2) is 25.5 Å². The van der Waals surface area contributed by atoms with Gasteiger partial charge in [0.1, 0.15) is 5.60 Å². The zero-order chi connectivity index (χ0) is 77.4. The number of carbonyl (C=O) groups excluding carboxylic acids is 2. The Kier molecular flexibility index (Phi) is 23.9. The van der Waals surface area contributed by atoms with Crippen LogP contribution in [0.25, 0.3) is 54.6 Å². The molecular formula is C69H88Cl4FN21O10S3. The van der Waals surface area contributed by atoms with Crippen molar-refractivity contribution in [3.8, 4) is 0 Å². The van der Waals surface area contributed by atoms with Crippen molar-refractivity contribution in [1.82, 2.24) is 73.0 Å². The molecule has 10 aromatic rings. The van der Waals surface area contributed by atoms with Gasteiger partial charge in [-0.2, -0.15) is 41.7 Å². The van der Waals surface area contributed by atoms with Crippen LogP contribution in [0, 0.1) is 0 Å². The quantitative estimate of drug-likeness (QED) is 0.0681. The molecule has 0 spiro atoms. The summed E-state index contributed by atoms with van der Waals surface area (Å²) in [4.78, 5) is 38.3. The van der Waals surface area contributed by atoms with Crippen LogP contribution in [-0.4, -0.2) is 284 Å². The van der Waals surface area contributed by atoms with E-state index in [1.165, 1.54) is 43.6 Å². The van der Waals surface area contributed by atoms with E-state index in [0.717, 1.165) is 116 Å². The number of nitrogens with zero attached hydrogens (tertiary/aromatic N) is 16. The van der Waals surface area contributed by atoms with Gasteiger partial charge in [-0.3, -0.25) is 30.0 Å². The van der Waals surface area contributed by atoms with Crippen molar-refractivity contribution in [3.05, 3.63) is 112 Å². The van der Waals surface area contributed by atoms with Crippen LogP contribution >= 0.6 is 46.4 Å². The fourth-order valence-electron chi connectivity index (χ4n) is 14.0. The van der Waals surface area contributed by atoms with Gasteiger partial charge >= 0.3 is 0 Å². The number of aliphatic hydroxyl groups is 1. The number of piperidine rings is 1. The summed E-state index contributed by atoms with van der Waals surface area (Å²) in [5, 5.41) is 49.1. The molecule has 31 nitrogen and oxygen atoms in total. The number of nitrogens with one attached hydrogen (secondary N) is 4. The van der Waals surface area contributed by atoms with E-state index in [-0.39, 0.29) is 11.9 Å². The molecule has 6 fully saturated rings. The molecule has 108 heavy (non-hydrogen) atoms. The summed E-state index contributed by atoms with van der Waals surface area (Å²) in [6.45, 7) is 13.5. The molecule has 2 amide bonds. The van der Waals surface area contributed by atoms with E-state index in [0.29, 0.717) is 136 Å². The Balaban J connectivity index is 0.000000126. The summed E-state index contributed by atoms with van der Waals surface area (Å²) in [6, 6.07) is 20.8. The zero-order valence-electron chi connectivity index (χ0n) is 60.8. The number of carbonyl (C=O) groups is 2. The number of amides is 2. The SMILES string of the molecule is CC(C)(F)C(=O)N1CCN(c2cc(Cl)cc3[nH]ncc23)CC1.CN(C)S(=O)(=O)N1CCN(c2cc(Cl)cc3[nH]ncc23)CC1.CN(C1CCN(c2cc(Cl)cc3[nH]ncc23)CC1)S(C)(=O)=O.CS(=O)(=O)N1CCN(c2cccc3c(N)noc23)CC1.O=C(N1CCN(c2cc(Cl)cc3[nH]ncc23)CC1)C1(O)CC1. The number of hydrogen-bond acceptors (Lipinski definition) is 21. The first-order valence-electron chi connectivity index (χ1n) is 35.1. The Labute approximate surface area is 645 Å². The summed E-state index contributed by atoms with van der Waals surface area (Å²) >= 11 is 24.7. The van der Waals surface area contributed by atoms with Crippen molar-refractivity contribution in [1.29, 1.82) is 0 Å².